The fourth-order valence-electron chi connectivity index (χ4n) is 1.80. The van der Waals surface area contributed by atoms with E-state index in [2.05, 4.69) is 15.4 Å². The summed E-state index contributed by atoms with van der Waals surface area (Å²) in [5.74, 6) is -0.810. The van der Waals surface area contributed by atoms with Gasteiger partial charge in [0.2, 0.25) is 5.82 Å². The molecule has 0 saturated heterocycles. The van der Waals surface area contributed by atoms with Crippen molar-refractivity contribution in [2.75, 3.05) is 0 Å². The first-order valence-electron chi connectivity index (χ1n) is 6.87. The number of aromatic nitrogens is 2. The van der Waals surface area contributed by atoms with Crippen molar-refractivity contribution in [3.8, 4) is 0 Å². The minimum Gasteiger partial charge on any atom is -0.267 e. The van der Waals surface area contributed by atoms with E-state index in [1.165, 1.54) is 17.4 Å². The Balaban J connectivity index is 2.25. The molecule has 0 aliphatic heterocycles. The van der Waals surface area contributed by atoms with Crippen LogP contribution in [0.3, 0.4) is 0 Å². The molecular weight excluding hydrogens is 280 g/mol. The number of nitrogens with zero attached hydrogens (tertiary/aromatic N) is 3. The topological polar surface area (TPSA) is 75.2 Å². The van der Waals surface area contributed by atoms with Crippen LogP contribution < -0.4 is 5.43 Å². The highest BCUT2D eigenvalue weighted by Crippen LogP contribution is 2.15. The Bertz CT molecular complexity index is 651. The molecule has 2 rings (SSSR count). The molecule has 0 bridgehead atoms. The maximum absolute atomic E-state index is 12.6. The lowest BCUT2D eigenvalue weighted by Gasteiger charge is -2.35. The van der Waals surface area contributed by atoms with Gasteiger partial charge in [-0.25, -0.2) is 15.0 Å². The molecule has 6 heteroatoms. The Hall–Kier alpha value is -2.76. The fourth-order valence-corrected chi connectivity index (χ4v) is 1.80. The van der Waals surface area contributed by atoms with Crippen LogP contribution in [0.25, 0.3) is 0 Å². The lowest BCUT2D eigenvalue weighted by Crippen LogP contribution is -2.56. The second kappa shape index (κ2) is 6.34. The van der Waals surface area contributed by atoms with Gasteiger partial charge >= 0.3 is 5.91 Å². The summed E-state index contributed by atoms with van der Waals surface area (Å²) in [5.41, 5.74) is 2.48. The lowest BCUT2D eigenvalue weighted by atomic mass is 10.1. The molecule has 0 aliphatic carbocycles. The first-order valence-corrected chi connectivity index (χ1v) is 6.87. The van der Waals surface area contributed by atoms with Crippen LogP contribution in [0.5, 0.6) is 0 Å². The molecule has 0 saturated carbocycles. The quantitative estimate of drug-likeness (QED) is 0.861. The predicted molar refractivity (Wildman–Crippen MR) is 81.9 cm³/mol. The van der Waals surface area contributed by atoms with Gasteiger partial charge in [0.25, 0.3) is 5.91 Å². The van der Waals surface area contributed by atoms with Gasteiger partial charge in [-0.3, -0.25) is 15.0 Å². The van der Waals surface area contributed by atoms with Crippen molar-refractivity contribution >= 4 is 11.8 Å². The minimum absolute atomic E-state index is 0.0117. The SMILES string of the molecule is CC(C)(C)N(NC(=O)c1ncccn1)C(=O)c1ccccc1. The molecule has 0 aliphatic rings. The monoisotopic (exact) mass is 298 g/mol. The van der Waals surface area contributed by atoms with E-state index in [1.807, 2.05) is 26.8 Å². The van der Waals surface area contributed by atoms with E-state index in [0.29, 0.717) is 5.56 Å². The molecule has 6 nitrogen and oxygen atoms in total. The van der Waals surface area contributed by atoms with Gasteiger partial charge in [0.05, 0.1) is 5.54 Å². The number of rotatable bonds is 2. The second-order valence-electron chi connectivity index (χ2n) is 5.69. The van der Waals surface area contributed by atoms with Crippen molar-refractivity contribution in [3.05, 3.63) is 60.2 Å². The molecule has 0 fully saturated rings. The fraction of sp³-hybridized carbons (Fsp3) is 0.250. The van der Waals surface area contributed by atoms with Crippen LogP contribution in [0.2, 0.25) is 0 Å². The Morgan fingerprint density at radius 3 is 2.14 bits per heavy atom. The van der Waals surface area contributed by atoms with Gasteiger partial charge in [0.15, 0.2) is 0 Å². The van der Waals surface area contributed by atoms with Gasteiger partial charge in [0, 0.05) is 18.0 Å². The number of nitrogens with one attached hydrogen (secondary N) is 1. The molecule has 1 aromatic carbocycles. The van der Waals surface area contributed by atoms with Gasteiger partial charge < -0.3 is 0 Å². The van der Waals surface area contributed by atoms with Crippen LogP contribution in [-0.2, 0) is 0 Å². The molecule has 2 amide bonds. The van der Waals surface area contributed by atoms with E-state index < -0.39 is 11.4 Å². The summed E-state index contributed by atoms with van der Waals surface area (Å²) in [6, 6.07) is 10.4. The number of carbonyl (C=O) groups is 2. The third-order valence-corrected chi connectivity index (χ3v) is 2.88. The lowest BCUT2D eigenvalue weighted by molar-refractivity contribution is 0.0354. The van der Waals surface area contributed by atoms with E-state index in [1.54, 1.807) is 30.3 Å². The van der Waals surface area contributed by atoms with Crippen molar-refractivity contribution in [2.24, 2.45) is 0 Å². The highest BCUT2D eigenvalue weighted by atomic mass is 16.2. The number of benzene rings is 1. The molecule has 2 aromatic rings. The first-order chi connectivity index (χ1) is 10.4. The van der Waals surface area contributed by atoms with Crippen LogP contribution in [0.15, 0.2) is 48.8 Å². The van der Waals surface area contributed by atoms with E-state index in [0.717, 1.165) is 0 Å². The number of hydrazine groups is 1. The van der Waals surface area contributed by atoms with Crippen molar-refractivity contribution < 1.29 is 9.59 Å². The smallest absolute Gasteiger partial charge is 0.267 e. The number of hydrogen-bond acceptors (Lipinski definition) is 4. The minimum atomic E-state index is -0.600. The molecular formula is C16H18N4O2. The molecule has 114 valence electrons. The van der Waals surface area contributed by atoms with Gasteiger partial charge in [-0.05, 0) is 39.0 Å². The maximum Gasteiger partial charge on any atom is 0.307 e. The first kappa shape index (κ1) is 15.6. The maximum atomic E-state index is 12.6. The van der Waals surface area contributed by atoms with Crippen LogP contribution in [-0.4, -0.2) is 32.3 Å². The largest absolute Gasteiger partial charge is 0.307 e. The van der Waals surface area contributed by atoms with Crippen molar-refractivity contribution in [1.29, 1.82) is 0 Å². The second-order valence-corrected chi connectivity index (χ2v) is 5.69. The molecule has 0 unspecified atom stereocenters. The summed E-state index contributed by atoms with van der Waals surface area (Å²) in [4.78, 5) is 32.6. The van der Waals surface area contributed by atoms with E-state index >= 15 is 0 Å². The summed E-state index contributed by atoms with van der Waals surface area (Å²) in [6.07, 6.45) is 2.95. The zero-order chi connectivity index (χ0) is 16.2. The van der Waals surface area contributed by atoms with Crippen molar-refractivity contribution in [1.82, 2.24) is 20.4 Å². The van der Waals surface area contributed by atoms with E-state index in [4.69, 9.17) is 0 Å². The molecule has 1 N–H and O–H groups in total. The van der Waals surface area contributed by atoms with Crippen molar-refractivity contribution in [3.63, 3.8) is 0 Å². The van der Waals surface area contributed by atoms with Crippen LogP contribution >= 0.6 is 0 Å². The number of hydrogen-bond donors (Lipinski definition) is 1. The third-order valence-electron chi connectivity index (χ3n) is 2.88. The normalized spacial score (nSPS) is 10.9. The number of carbonyl (C=O) groups excluding carboxylic acids is 2. The highest BCUT2D eigenvalue weighted by molar-refractivity contribution is 5.98. The number of amides is 2. The molecule has 0 atom stereocenters. The molecule has 1 heterocycles. The summed E-state index contributed by atoms with van der Waals surface area (Å²) < 4.78 is 0. The van der Waals surface area contributed by atoms with E-state index in [-0.39, 0.29) is 11.7 Å². The Kier molecular flexibility index (Phi) is 4.50. The highest BCUT2D eigenvalue weighted by Gasteiger charge is 2.30. The molecule has 22 heavy (non-hydrogen) atoms. The van der Waals surface area contributed by atoms with Gasteiger partial charge in [-0.15, -0.1) is 0 Å². The average Bonchev–Trinajstić information content (AvgIpc) is 2.52. The molecule has 0 spiro atoms. The summed E-state index contributed by atoms with van der Waals surface area (Å²) in [5, 5.41) is 1.29. The summed E-state index contributed by atoms with van der Waals surface area (Å²) >= 11 is 0. The van der Waals surface area contributed by atoms with Gasteiger partial charge in [-0.2, -0.15) is 0 Å². The van der Waals surface area contributed by atoms with Gasteiger partial charge in [0.1, 0.15) is 0 Å². The third kappa shape index (κ3) is 3.66. The zero-order valence-corrected chi connectivity index (χ0v) is 12.8. The molecule has 1 aromatic heterocycles. The predicted octanol–water partition coefficient (Wildman–Crippen LogP) is 2.06. The van der Waals surface area contributed by atoms with Crippen LogP contribution in [0, 0.1) is 0 Å². The zero-order valence-electron chi connectivity index (χ0n) is 12.8. The van der Waals surface area contributed by atoms with Crippen LogP contribution in [0.1, 0.15) is 41.7 Å². The average molecular weight is 298 g/mol. The summed E-state index contributed by atoms with van der Waals surface area (Å²) in [7, 11) is 0. The van der Waals surface area contributed by atoms with E-state index in [9.17, 15) is 9.59 Å². The van der Waals surface area contributed by atoms with Crippen molar-refractivity contribution in [2.45, 2.75) is 26.3 Å². The summed E-state index contributed by atoms with van der Waals surface area (Å²) in [6.45, 7) is 5.50. The Labute approximate surface area is 129 Å². The standard InChI is InChI=1S/C16H18N4O2/c1-16(2,3)20(15(22)12-8-5-4-6-9-12)19-14(21)13-17-10-7-11-18-13/h4-11H,1-3H3,(H,19,21). The van der Waals surface area contributed by atoms with Gasteiger partial charge in [-0.1, -0.05) is 18.2 Å². The Morgan fingerprint density at radius 2 is 1.59 bits per heavy atom. The van der Waals surface area contributed by atoms with Crippen LogP contribution in [0.4, 0.5) is 0 Å². The Morgan fingerprint density at radius 1 is 1.00 bits per heavy atom. The molecule has 0 radical (unpaired) electrons.